The van der Waals surface area contributed by atoms with Gasteiger partial charge >= 0.3 is 12.0 Å². The van der Waals surface area contributed by atoms with E-state index in [1.807, 2.05) is 4.90 Å². The van der Waals surface area contributed by atoms with Gasteiger partial charge in [0, 0.05) is 18.6 Å². The third-order valence-corrected chi connectivity index (χ3v) is 3.92. The van der Waals surface area contributed by atoms with Gasteiger partial charge in [-0.05, 0) is 39.0 Å². The summed E-state index contributed by atoms with van der Waals surface area (Å²) in [6.07, 6.45) is 4.16. The number of rotatable bonds is 2. The predicted molar refractivity (Wildman–Crippen MR) is 62.7 cm³/mol. The summed E-state index contributed by atoms with van der Waals surface area (Å²) in [5.41, 5.74) is 0. The Kier molecular flexibility index (Phi) is 3.54. The van der Waals surface area contributed by atoms with Crippen molar-refractivity contribution >= 4 is 12.0 Å². The average molecular weight is 240 g/mol. The first-order valence-corrected chi connectivity index (χ1v) is 6.38. The molecule has 1 saturated carbocycles. The molecule has 0 aromatic carbocycles. The van der Waals surface area contributed by atoms with Gasteiger partial charge in [0.2, 0.25) is 0 Å². The van der Waals surface area contributed by atoms with Crippen molar-refractivity contribution in [3.8, 4) is 0 Å². The lowest BCUT2D eigenvalue weighted by Gasteiger charge is -2.24. The van der Waals surface area contributed by atoms with E-state index in [1.54, 1.807) is 0 Å². The molecule has 3 atom stereocenters. The summed E-state index contributed by atoms with van der Waals surface area (Å²) in [5, 5.41) is 11.9. The Bertz CT molecular complexity index is 319. The van der Waals surface area contributed by atoms with Gasteiger partial charge in [-0.3, -0.25) is 4.79 Å². The molecule has 2 N–H and O–H groups in total. The summed E-state index contributed by atoms with van der Waals surface area (Å²) >= 11 is 0. The van der Waals surface area contributed by atoms with Crippen molar-refractivity contribution in [2.45, 2.75) is 51.1 Å². The van der Waals surface area contributed by atoms with E-state index < -0.39 is 5.97 Å². The van der Waals surface area contributed by atoms with Crippen LogP contribution in [0.3, 0.4) is 0 Å². The van der Waals surface area contributed by atoms with E-state index in [9.17, 15) is 9.59 Å². The average Bonchev–Trinajstić information content (AvgIpc) is 2.86. The number of nitrogens with one attached hydrogen (secondary N) is 1. The van der Waals surface area contributed by atoms with Crippen LogP contribution in [-0.4, -0.2) is 40.6 Å². The normalized spacial score (nSPS) is 32.8. The summed E-state index contributed by atoms with van der Waals surface area (Å²) in [6.45, 7) is 2.88. The highest BCUT2D eigenvalue weighted by Gasteiger charge is 2.32. The summed E-state index contributed by atoms with van der Waals surface area (Å²) in [6, 6.07) is 0.328. The Hall–Kier alpha value is -1.26. The van der Waals surface area contributed by atoms with Gasteiger partial charge in [0.1, 0.15) is 0 Å². The first-order chi connectivity index (χ1) is 8.08. The molecular weight excluding hydrogens is 220 g/mol. The van der Waals surface area contributed by atoms with Crippen LogP contribution in [0.15, 0.2) is 0 Å². The minimum absolute atomic E-state index is 0.0222. The molecule has 0 aromatic rings. The number of aliphatic carboxylic acids is 1. The lowest BCUT2D eigenvalue weighted by atomic mass is 10.1. The number of hydrogen-bond donors (Lipinski definition) is 2. The van der Waals surface area contributed by atoms with Crippen molar-refractivity contribution < 1.29 is 14.7 Å². The number of carbonyl (C=O) groups excluding carboxylic acids is 1. The second kappa shape index (κ2) is 4.94. The number of amides is 2. The number of likely N-dealkylation sites (tertiary alicyclic amines) is 1. The molecule has 2 amide bonds. The smallest absolute Gasteiger partial charge is 0.317 e. The standard InChI is InChI=1S/C12H20N2O3/c1-8-3-2-6-14(8)12(17)13-10-5-4-9(7-10)11(15)16/h8-10H,2-7H2,1H3,(H,13,17)(H,15,16). The molecule has 5 heteroatoms. The monoisotopic (exact) mass is 240 g/mol. The van der Waals surface area contributed by atoms with Gasteiger partial charge in [-0.1, -0.05) is 0 Å². The van der Waals surface area contributed by atoms with E-state index in [0.29, 0.717) is 18.9 Å². The fraction of sp³-hybridized carbons (Fsp3) is 0.833. The van der Waals surface area contributed by atoms with E-state index in [2.05, 4.69) is 12.2 Å². The van der Waals surface area contributed by atoms with Crippen LogP contribution < -0.4 is 5.32 Å². The maximum atomic E-state index is 12.0. The molecule has 3 unspecified atom stereocenters. The van der Waals surface area contributed by atoms with Crippen molar-refractivity contribution in [1.29, 1.82) is 0 Å². The van der Waals surface area contributed by atoms with Crippen molar-refractivity contribution in [2.75, 3.05) is 6.54 Å². The molecule has 0 spiro atoms. The number of nitrogens with zero attached hydrogens (tertiary/aromatic N) is 1. The summed E-state index contributed by atoms with van der Waals surface area (Å²) in [7, 11) is 0. The highest BCUT2D eigenvalue weighted by molar-refractivity contribution is 5.75. The van der Waals surface area contributed by atoms with Gasteiger partial charge in [0.25, 0.3) is 0 Å². The second-order valence-electron chi connectivity index (χ2n) is 5.18. The topological polar surface area (TPSA) is 69.6 Å². The Balaban J connectivity index is 1.82. The summed E-state index contributed by atoms with van der Waals surface area (Å²) in [5.74, 6) is -1.02. The van der Waals surface area contributed by atoms with Gasteiger partial charge in [0.05, 0.1) is 5.92 Å². The molecular formula is C12H20N2O3. The molecule has 17 heavy (non-hydrogen) atoms. The molecule has 0 bridgehead atoms. The SMILES string of the molecule is CC1CCCN1C(=O)NC1CCC(C(=O)O)C1. The van der Waals surface area contributed by atoms with Crippen molar-refractivity contribution in [1.82, 2.24) is 10.2 Å². The zero-order chi connectivity index (χ0) is 12.4. The lowest BCUT2D eigenvalue weighted by molar-refractivity contribution is -0.141. The van der Waals surface area contributed by atoms with Crippen LogP contribution in [-0.2, 0) is 4.79 Å². The van der Waals surface area contributed by atoms with Crippen LogP contribution in [0.25, 0.3) is 0 Å². The maximum absolute atomic E-state index is 12.0. The number of urea groups is 1. The minimum Gasteiger partial charge on any atom is -0.481 e. The van der Waals surface area contributed by atoms with Crippen molar-refractivity contribution in [2.24, 2.45) is 5.92 Å². The third-order valence-electron chi connectivity index (χ3n) is 3.92. The van der Waals surface area contributed by atoms with Gasteiger partial charge < -0.3 is 15.3 Å². The highest BCUT2D eigenvalue weighted by Crippen LogP contribution is 2.26. The molecule has 1 aliphatic heterocycles. The van der Waals surface area contributed by atoms with Crippen LogP contribution in [0.1, 0.15) is 39.0 Å². The first-order valence-electron chi connectivity index (χ1n) is 6.38. The summed E-state index contributed by atoms with van der Waals surface area (Å²) in [4.78, 5) is 24.6. The lowest BCUT2D eigenvalue weighted by Crippen LogP contribution is -2.45. The van der Waals surface area contributed by atoms with Crippen LogP contribution in [0.4, 0.5) is 4.79 Å². The minimum atomic E-state index is -0.740. The molecule has 2 aliphatic rings. The van der Waals surface area contributed by atoms with Gasteiger partial charge in [-0.15, -0.1) is 0 Å². The van der Waals surface area contributed by atoms with E-state index in [1.165, 1.54) is 0 Å². The molecule has 1 aliphatic carbocycles. The Morgan fingerprint density at radius 1 is 1.29 bits per heavy atom. The third kappa shape index (κ3) is 2.70. The fourth-order valence-corrected chi connectivity index (χ4v) is 2.83. The number of carbonyl (C=O) groups is 2. The molecule has 5 nitrogen and oxygen atoms in total. The quantitative estimate of drug-likeness (QED) is 0.767. The fourth-order valence-electron chi connectivity index (χ4n) is 2.83. The van der Waals surface area contributed by atoms with Crippen molar-refractivity contribution in [3.05, 3.63) is 0 Å². The van der Waals surface area contributed by atoms with Crippen molar-refractivity contribution in [3.63, 3.8) is 0 Å². The second-order valence-corrected chi connectivity index (χ2v) is 5.18. The molecule has 2 rings (SSSR count). The van der Waals surface area contributed by atoms with Crippen LogP contribution in [0, 0.1) is 5.92 Å². The van der Waals surface area contributed by atoms with E-state index in [4.69, 9.17) is 5.11 Å². The molecule has 1 saturated heterocycles. The molecule has 0 aromatic heterocycles. The van der Waals surface area contributed by atoms with Crippen LogP contribution in [0.5, 0.6) is 0 Å². The number of hydrogen-bond acceptors (Lipinski definition) is 2. The molecule has 2 fully saturated rings. The predicted octanol–water partition coefficient (Wildman–Crippen LogP) is 1.43. The maximum Gasteiger partial charge on any atom is 0.317 e. The molecule has 96 valence electrons. The van der Waals surface area contributed by atoms with E-state index in [-0.39, 0.29) is 18.0 Å². The van der Waals surface area contributed by atoms with E-state index >= 15 is 0 Å². The van der Waals surface area contributed by atoms with Gasteiger partial charge in [-0.25, -0.2) is 4.79 Å². The van der Waals surface area contributed by atoms with Gasteiger partial charge in [0.15, 0.2) is 0 Å². The summed E-state index contributed by atoms with van der Waals surface area (Å²) < 4.78 is 0. The molecule has 1 heterocycles. The first kappa shape index (κ1) is 12.2. The zero-order valence-electron chi connectivity index (χ0n) is 10.2. The van der Waals surface area contributed by atoms with Gasteiger partial charge in [-0.2, -0.15) is 0 Å². The Morgan fingerprint density at radius 2 is 2.06 bits per heavy atom. The Labute approximate surface area is 101 Å². The number of carboxylic acid groups (broad SMARTS) is 1. The highest BCUT2D eigenvalue weighted by atomic mass is 16.4. The Morgan fingerprint density at radius 3 is 2.59 bits per heavy atom. The largest absolute Gasteiger partial charge is 0.481 e. The number of carboxylic acids is 1. The van der Waals surface area contributed by atoms with Crippen LogP contribution in [0.2, 0.25) is 0 Å². The zero-order valence-corrected chi connectivity index (χ0v) is 10.2. The van der Waals surface area contributed by atoms with E-state index in [0.717, 1.165) is 25.8 Å². The van der Waals surface area contributed by atoms with Crippen LogP contribution >= 0.6 is 0 Å². The molecule has 0 radical (unpaired) electrons.